The van der Waals surface area contributed by atoms with Crippen molar-refractivity contribution in [1.29, 1.82) is 0 Å². The minimum Gasteiger partial charge on any atom is -0.340 e. The first-order valence-electron chi connectivity index (χ1n) is 8.24. The van der Waals surface area contributed by atoms with Crippen molar-refractivity contribution in [1.82, 2.24) is 4.90 Å². The zero-order chi connectivity index (χ0) is 14.9. The summed E-state index contributed by atoms with van der Waals surface area (Å²) in [5.74, 6) is 0.324. The number of benzene rings is 1. The summed E-state index contributed by atoms with van der Waals surface area (Å²) in [4.78, 5) is 15.3. The van der Waals surface area contributed by atoms with Gasteiger partial charge in [-0.3, -0.25) is 4.79 Å². The molecule has 0 bridgehead atoms. The van der Waals surface area contributed by atoms with E-state index in [1.165, 1.54) is 17.5 Å². The van der Waals surface area contributed by atoms with E-state index >= 15 is 0 Å². The molecule has 2 aliphatic rings. The molecule has 0 spiro atoms. The molecule has 1 aromatic carbocycles. The maximum Gasteiger partial charge on any atom is 0.233 e. The van der Waals surface area contributed by atoms with Crippen LogP contribution in [0, 0.1) is 6.92 Å². The van der Waals surface area contributed by atoms with Crippen LogP contribution >= 0.6 is 12.4 Å². The summed E-state index contributed by atoms with van der Waals surface area (Å²) in [6, 6.07) is 8.59. The van der Waals surface area contributed by atoms with Crippen molar-refractivity contribution < 1.29 is 4.79 Å². The molecule has 1 aliphatic carbocycles. The van der Waals surface area contributed by atoms with E-state index < -0.39 is 0 Å². The van der Waals surface area contributed by atoms with Gasteiger partial charge in [0, 0.05) is 19.1 Å². The Bertz CT molecular complexity index is 526. The van der Waals surface area contributed by atoms with Gasteiger partial charge in [-0.2, -0.15) is 0 Å². The quantitative estimate of drug-likeness (QED) is 0.909. The monoisotopic (exact) mass is 322 g/mol. The van der Waals surface area contributed by atoms with Gasteiger partial charge in [-0.1, -0.05) is 43.5 Å². The van der Waals surface area contributed by atoms with Gasteiger partial charge in [-0.05, 0) is 37.3 Å². The first kappa shape index (κ1) is 17.3. The average Bonchev–Trinajstić information content (AvgIpc) is 2.94. The van der Waals surface area contributed by atoms with Gasteiger partial charge in [-0.15, -0.1) is 12.4 Å². The summed E-state index contributed by atoms with van der Waals surface area (Å²) in [7, 11) is 0. The van der Waals surface area contributed by atoms with Gasteiger partial charge in [0.2, 0.25) is 5.91 Å². The lowest BCUT2D eigenvalue weighted by atomic mass is 9.67. The van der Waals surface area contributed by atoms with Gasteiger partial charge in [0.25, 0.3) is 0 Å². The van der Waals surface area contributed by atoms with E-state index in [4.69, 9.17) is 5.73 Å². The smallest absolute Gasteiger partial charge is 0.233 e. The fourth-order valence-corrected chi connectivity index (χ4v) is 4.14. The predicted octanol–water partition coefficient (Wildman–Crippen LogP) is 3.18. The topological polar surface area (TPSA) is 46.3 Å². The Morgan fingerprint density at radius 2 is 1.91 bits per heavy atom. The molecule has 3 nitrogen and oxygen atoms in total. The third kappa shape index (κ3) is 3.02. The molecular weight excluding hydrogens is 296 g/mol. The largest absolute Gasteiger partial charge is 0.340 e. The number of carbonyl (C=O) groups excluding carboxylic acids is 1. The summed E-state index contributed by atoms with van der Waals surface area (Å²) in [5, 5.41) is 0. The van der Waals surface area contributed by atoms with Crippen molar-refractivity contribution in [2.45, 2.75) is 56.9 Å². The van der Waals surface area contributed by atoms with E-state index in [0.717, 1.165) is 45.2 Å². The Kier molecular flexibility index (Phi) is 5.51. The molecule has 0 unspecified atom stereocenters. The van der Waals surface area contributed by atoms with Crippen molar-refractivity contribution in [3.8, 4) is 0 Å². The molecule has 122 valence electrons. The van der Waals surface area contributed by atoms with Crippen molar-refractivity contribution in [3.05, 3.63) is 35.4 Å². The lowest BCUT2D eigenvalue weighted by Gasteiger charge is -2.40. The predicted molar refractivity (Wildman–Crippen MR) is 92.4 cm³/mol. The second-order valence-electron chi connectivity index (χ2n) is 6.76. The maximum atomic E-state index is 13.3. The highest BCUT2D eigenvalue weighted by Gasteiger charge is 2.45. The Balaban J connectivity index is 0.00000176. The van der Waals surface area contributed by atoms with Crippen LogP contribution in [-0.2, 0) is 10.2 Å². The first-order valence-corrected chi connectivity index (χ1v) is 8.24. The van der Waals surface area contributed by atoms with Crippen LogP contribution in [-0.4, -0.2) is 29.9 Å². The lowest BCUT2D eigenvalue weighted by molar-refractivity contribution is -0.137. The molecule has 3 rings (SSSR count). The Morgan fingerprint density at radius 3 is 2.50 bits per heavy atom. The highest BCUT2D eigenvalue weighted by atomic mass is 35.5. The number of hydrogen-bond donors (Lipinski definition) is 1. The SMILES string of the molecule is Cc1ccccc1C1(C(=O)N2CC[C@@H](N)C2)CCCCC1.Cl. The third-order valence-corrected chi connectivity index (χ3v) is 5.29. The number of nitrogens with two attached hydrogens (primary N) is 1. The first-order chi connectivity index (χ1) is 10.1. The standard InChI is InChI=1S/C18H26N2O.ClH/c1-14-7-3-4-8-16(14)18(10-5-2-6-11-18)17(21)20-12-9-15(19)13-20;/h3-4,7-8,15H,2,5-6,9-13,19H2,1H3;1H/t15-;/m1./s1. The van der Waals surface area contributed by atoms with Gasteiger partial charge in [0.05, 0.1) is 5.41 Å². The zero-order valence-corrected chi connectivity index (χ0v) is 14.2. The molecule has 4 heteroatoms. The summed E-state index contributed by atoms with van der Waals surface area (Å²) in [6.45, 7) is 3.69. The molecule has 1 amide bonds. The van der Waals surface area contributed by atoms with Gasteiger partial charge >= 0.3 is 0 Å². The van der Waals surface area contributed by atoms with Gasteiger partial charge in [0.1, 0.15) is 0 Å². The summed E-state index contributed by atoms with van der Waals surface area (Å²) < 4.78 is 0. The molecule has 0 aromatic heterocycles. The molecule has 1 saturated carbocycles. The number of hydrogen-bond acceptors (Lipinski definition) is 2. The number of likely N-dealkylation sites (tertiary alicyclic amines) is 1. The van der Waals surface area contributed by atoms with E-state index in [-0.39, 0.29) is 23.9 Å². The highest BCUT2D eigenvalue weighted by Crippen LogP contribution is 2.42. The van der Waals surface area contributed by atoms with Gasteiger partial charge in [-0.25, -0.2) is 0 Å². The molecule has 1 aromatic rings. The van der Waals surface area contributed by atoms with Crippen molar-refractivity contribution in [3.63, 3.8) is 0 Å². The number of carbonyl (C=O) groups is 1. The number of amides is 1. The van der Waals surface area contributed by atoms with E-state index in [9.17, 15) is 4.79 Å². The van der Waals surface area contributed by atoms with Gasteiger partial charge < -0.3 is 10.6 Å². The van der Waals surface area contributed by atoms with E-state index in [1.54, 1.807) is 0 Å². The molecular formula is C18H27ClN2O. The second kappa shape index (κ2) is 7.01. The normalized spacial score (nSPS) is 23.9. The number of aryl methyl sites for hydroxylation is 1. The second-order valence-corrected chi connectivity index (χ2v) is 6.76. The Labute approximate surface area is 139 Å². The van der Waals surface area contributed by atoms with Crippen LogP contribution in [0.5, 0.6) is 0 Å². The summed E-state index contributed by atoms with van der Waals surface area (Å²) >= 11 is 0. The molecule has 0 radical (unpaired) electrons. The molecule has 1 atom stereocenters. The van der Waals surface area contributed by atoms with E-state index in [1.807, 2.05) is 4.90 Å². The summed E-state index contributed by atoms with van der Waals surface area (Å²) in [6.07, 6.45) is 6.47. The molecule has 1 aliphatic heterocycles. The molecule has 1 saturated heterocycles. The fraction of sp³-hybridized carbons (Fsp3) is 0.611. The zero-order valence-electron chi connectivity index (χ0n) is 13.4. The third-order valence-electron chi connectivity index (χ3n) is 5.29. The van der Waals surface area contributed by atoms with Crippen molar-refractivity contribution in [2.75, 3.05) is 13.1 Å². The van der Waals surface area contributed by atoms with Crippen LogP contribution in [0.2, 0.25) is 0 Å². The number of nitrogens with zero attached hydrogens (tertiary/aromatic N) is 1. The minimum atomic E-state index is -0.298. The summed E-state index contributed by atoms with van der Waals surface area (Å²) in [5.41, 5.74) is 8.20. The van der Waals surface area contributed by atoms with Crippen LogP contribution in [0.15, 0.2) is 24.3 Å². The van der Waals surface area contributed by atoms with Crippen LogP contribution < -0.4 is 5.73 Å². The molecule has 1 heterocycles. The van der Waals surface area contributed by atoms with Crippen molar-refractivity contribution >= 4 is 18.3 Å². The number of halogens is 1. The minimum absolute atomic E-state index is 0. The highest BCUT2D eigenvalue weighted by molar-refractivity contribution is 5.89. The van der Waals surface area contributed by atoms with Crippen LogP contribution in [0.1, 0.15) is 49.7 Å². The molecule has 2 N–H and O–H groups in total. The van der Waals surface area contributed by atoms with Gasteiger partial charge in [0.15, 0.2) is 0 Å². The molecule has 2 fully saturated rings. The van der Waals surface area contributed by atoms with Crippen LogP contribution in [0.3, 0.4) is 0 Å². The molecule has 22 heavy (non-hydrogen) atoms. The van der Waals surface area contributed by atoms with Crippen molar-refractivity contribution in [2.24, 2.45) is 5.73 Å². The Morgan fingerprint density at radius 1 is 1.23 bits per heavy atom. The average molecular weight is 323 g/mol. The van der Waals surface area contributed by atoms with Crippen LogP contribution in [0.25, 0.3) is 0 Å². The van der Waals surface area contributed by atoms with E-state index in [2.05, 4.69) is 31.2 Å². The van der Waals surface area contributed by atoms with Crippen LogP contribution in [0.4, 0.5) is 0 Å². The number of rotatable bonds is 2. The Hall–Kier alpha value is -1.06. The maximum absolute atomic E-state index is 13.3. The van der Waals surface area contributed by atoms with E-state index in [0.29, 0.717) is 5.91 Å². The fourth-order valence-electron chi connectivity index (χ4n) is 4.14. The lowest BCUT2D eigenvalue weighted by Crippen LogP contribution is -2.48.